The molecular formula is C27H30N4O3. The van der Waals surface area contributed by atoms with Crippen LogP contribution >= 0.6 is 0 Å². The maximum absolute atomic E-state index is 11.9. The molecule has 34 heavy (non-hydrogen) atoms. The van der Waals surface area contributed by atoms with Gasteiger partial charge in [0.15, 0.2) is 0 Å². The molecule has 1 saturated heterocycles. The number of hydrogen-bond acceptors (Lipinski definition) is 6. The number of ether oxygens (including phenoxy) is 1. The van der Waals surface area contributed by atoms with E-state index >= 15 is 0 Å². The van der Waals surface area contributed by atoms with Crippen LogP contribution in [0.2, 0.25) is 0 Å². The van der Waals surface area contributed by atoms with E-state index < -0.39 is 11.4 Å². The molecule has 7 nitrogen and oxygen atoms in total. The Morgan fingerprint density at radius 2 is 1.94 bits per heavy atom. The molecule has 3 heterocycles. The van der Waals surface area contributed by atoms with Crippen LogP contribution in [0.3, 0.4) is 0 Å². The van der Waals surface area contributed by atoms with Gasteiger partial charge in [0.2, 0.25) is 0 Å². The molecule has 2 aliphatic heterocycles. The smallest absolute Gasteiger partial charge is 0.318 e. The predicted octanol–water partition coefficient (Wildman–Crippen LogP) is 3.77. The molecule has 3 atom stereocenters. The maximum atomic E-state index is 11.9. The number of anilines is 2. The number of pyridine rings is 1. The second kappa shape index (κ2) is 9.44. The van der Waals surface area contributed by atoms with Crippen molar-refractivity contribution in [2.45, 2.75) is 30.3 Å². The van der Waals surface area contributed by atoms with Crippen LogP contribution in [-0.2, 0) is 14.9 Å². The molecule has 2 aromatic carbocycles. The van der Waals surface area contributed by atoms with Crippen molar-refractivity contribution in [1.82, 2.24) is 10.3 Å². The second-order valence-electron chi connectivity index (χ2n) is 9.23. The Labute approximate surface area is 199 Å². The van der Waals surface area contributed by atoms with E-state index in [0.29, 0.717) is 0 Å². The molecule has 1 aromatic heterocycles. The van der Waals surface area contributed by atoms with Crippen molar-refractivity contribution in [3.63, 3.8) is 0 Å². The molecule has 176 valence electrons. The Kier molecular flexibility index (Phi) is 6.22. The normalized spacial score (nSPS) is 20.1. The van der Waals surface area contributed by atoms with Crippen molar-refractivity contribution in [3.05, 3.63) is 89.6 Å². The number of nitrogens with one attached hydrogen (secondary N) is 3. The van der Waals surface area contributed by atoms with Crippen LogP contribution in [0.4, 0.5) is 11.5 Å². The molecule has 1 fully saturated rings. The lowest BCUT2D eigenvalue weighted by atomic mass is 9.77. The number of carboxylic acids is 1. The fourth-order valence-electron chi connectivity index (χ4n) is 4.75. The molecule has 0 radical (unpaired) electrons. The average Bonchev–Trinajstić information content (AvgIpc) is 2.84. The van der Waals surface area contributed by atoms with Crippen LogP contribution in [0.1, 0.15) is 35.6 Å². The second-order valence-corrected chi connectivity index (χ2v) is 9.23. The van der Waals surface area contributed by atoms with Crippen LogP contribution in [0.5, 0.6) is 0 Å². The summed E-state index contributed by atoms with van der Waals surface area (Å²) in [7, 11) is 0. The topological polar surface area (TPSA) is 95.5 Å². The highest BCUT2D eigenvalue weighted by Crippen LogP contribution is 2.34. The van der Waals surface area contributed by atoms with Crippen LogP contribution in [0.15, 0.2) is 72.9 Å². The summed E-state index contributed by atoms with van der Waals surface area (Å²) in [6.45, 7) is 4.14. The van der Waals surface area contributed by atoms with Gasteiger partial charge in [0, 0.05) is 19.3 Å². The minimum absolute atomic E-state index is 0.0693. The lowest BCUT2D eigenvalue weighted by Gasteiger charge is -2.38. The monoisotopic (exact) mass is 458 g/mol. The van der Waals surface area contributed by atoms with E-state index in [1.165, 1.54) is 5.56 Å². The van der Waals surface area contributed by atoms with Gasteiger partial charge in [0.1, 0.15) is 11.2 Å². The third-order valence-electron chi connectivity index (χ3n) is 6.96. The van der Waals surface area contributed by atoms with Crippen molar-refractivity contribution in [2.75, 3.05) is 36.9 Å². The first-order valence-electron chi connectivity index (χ1n) is 11.7. The molecule has 4 N–H and O–H groups in total. The summed E-state index contributed by atoms with van der Waals surface area (Å²) >= 11 is 0. The van der Waals surface area contributed by atoms with Crippen LogP contribution in [0.25, 0.3) is 0 Å². The highest BCUT2D eigenvalue weighted by molar-refractivity contribution is 5.83. The van der Waals surface area contributed by atoms with Crippen LogP contribution in [-0.4, -0.2) is 48.4 Å². The van der Waals surface area contributed by atoms with E-state index in [1.54, 1.807) is 6.20 Å². The third-order valence-corrected chi connectivity index (χ3v) is 6.96. The fourth-order valence-corrected chi connectivity index (χ4v) is 4.75. The van der Waals surface area contributed by atoms with Gasteiger partial charge in [-0.25, -0.2) is 4.98 Å². The molecule has 7 heteroatoms. The Balaban J connectivity index is 1.33. The van der Waals surface area contributed by atoms with E-state index in [2.05, 4.69) is 58.2 Å². The van der Waals surface area contributed by atoms with Gasteiger partial charge in [0.25, 0.3) is 0 Å². The Hall–Kier alpha value is -3.42. The molecule has 0 saturated carbocycles. The lowest BCUT2D eigenvalue weighted by Crippen LogP contribution is -2.53. The van der Waals surface area contributed by atoms with Gasteiger partial charge >= 0.3 is 5.97 Å². The summed E-state index contributed by atoms with van der Waals surface area (Å²) in [5, 5.41) is 20.6. The summed E-state index contributed by atoms with van der Waals surface area (Å²) in [5.41, 5.74) is 3.23. The zero-order valence-electron chi connectivity index (χ0n) is 19.2. The Morgan fingerprint density at radius 1 is 1.15 bits per heavy atom. The van der Waals surface area contributed by atoms with Gasteiger partial charge in [0.05, 0.1) is 31.0 Å². The fraction of sp³-hybridized carbons (Fsp3) is 0.333. The summed E-state index contributed by atoms with van der Waals surface area (Å²) in [4.78, 5) is 16.4. The van der Waals surface area contributed by atoms with Gasteiger partial charge in [-0.05, 0) is 34.7 Å². The highest BCUT2D eigenvalue weighted by atomic mass is 16.5. The summed E-state index contributed by atoms with van der Waals surface area (Å²) < 4.78 is 5.26. The third kappa shape index (κ3) is 4.24. The van der Waals surface area contributed by atoms with Gasteiger partial charge in [-0.1, -0.05) is 61.5 Å². The number of nitrogens with zero attached hydrogens (tertiary/aromatic N) is 1. The standard InChI is InChI=1S/C27H30N4O3/c1-18(20-9-5-10-21(13-20)27(26(32)33)16-34-17-27)14-30-24(19-7-3-2-4-8-19)23-15-29-22-11-6-12-28-25(22)31-23/h2-13,18,23-24,29-30H,14-17H2,1H3,(H,28,31)(H,32,33)/t18?,23-,24-/m1/s1. The number of hydrogen-bond donors (Lipinski definition) is 4. The largest absolute Gasteiger partial charge is 0.480 e. The van der Waals surface area contributed by atoms with Crippen LogP contribution < -0.4 is 16.0 Å². The summed E-state index contributed by atoms with van der Waals surface area (Å²) in [5.74, 6) is 0.236. The number of fused-ring (bicyclic) bond motifs is 1. The van der Waals surface area contributed by atoms with Gasteiger partial charge in [-0.3, -0.25) is 4.79 Å². The summed E-state index contributed by atoms with van der Waals surface area (Å²) in [6.07, 6.45) is 1.80. The van der Waals surface area contributed by atoms with Crippen molar-refractivity contribution in [3.8, 4) is 0 Å². The molecule has 1 unspecified atom stereocenters. The van der Waals surface area contributed by atoms with Crippen LogP contribution in [0, 0.1) is 0 Å². The molecule has 2 aliphatic rings. The predicted molar refractivity (Wildman–Crippen MR) is 132 cm³/mol. The number of aliphatic carboxylic acids is 1. The molecule has 0 spiro atoms. The van der Waals surface area contributed by atoms with E-state index in [-0.39, 0.29) is 31.2 Å². The van der Waals surface area contributed by atoms with E-state index in [9.17, 15) is 9.90 Å². The molecule has 0 bridgehead atoms. The molecule has 3 aromatic rings. The van der Waals surface area contributed by atoms with Gasteiger partial charge in [-0.15, -0.1) is 0 Å². The number of rotatable bonds is 8. The lowest BCUT2D eigenvalue weighted by molar-refractivity contribution is -0.163. The highest BCUT2D eigenvalue weighted by Gasteiger charge is 2.48. The number of benzene rings is 2. The van der Waals surface area contributed by atoms with Gasteiger partial charge < -0.3 is 25.8 Å². The van der Waals surface area contributed by atoms with E-state index in [0.717, 1.165) is 35.7 Å². The number of aromatic nitrogens is 1. The molecule has 5 rings (SSSR count). The first kappa shape index (κ1) is 22.4. The van der Waals surface area contributed by atoms with Crippen molar-refractivity contribution in [2.24, 2.45) is 0 Å². The zero-order chi connectivity index (χ0) is 23.5. The first-order chi connectivity index (χ1) is 16.6. The van der Waals surface area contributed by atoms with E-state index in [1.807, 2.05) is 36.4 Å². The SMILES string of the molecule is CC(CN[C@H](c1ccccc1)[C@H]1CNc2cccnc2N1)c1cccc(C2(C(=O)O)COC2)c1. The van der Waals surface area contributed by atoms with Gasteiger partial charge in [-0.2, -0.15) is 0 Å². The Morgan fingerprint density at radius 3 is 2.68 bits per heavy atom. The molecule has 0 amide bonds. The van der Waals surface area contributed by atoms with Crippen molar-refractivity contribution >= 4 is 17.5 Å². The quantitative estimate of drug-likeness (QED) is 0.408. The minimum atomic E-state index is -0.923. The Bertz CT molecular complexity index is 1150. The average molecular weight is 459 g/mol. The van der Waals surface area contributed by atoms with E-state index in [4.69, 9.17) is 4.74 Å². The minimum Gasteiger partial charge on any atom is -0.480 e. The van der Waals surface area contributed by atoms with Crippen molar-refractivity contribution in [1.29, 1.82) is 0 Å². The van der Waals surface area contributed by atoms with Crippen molar-refractivity contribution < 1.29 is 14.6 Å². The zero-order valence-corrected chi connectivity index (χ0v) is 19.2. The molecular weight excluding hydrogens is 428 g/mol. The molecule has 0 aliphatic carbocycles. The summed E-state index contributed by atoms with van der Waals surface area (Å²) in [6, 6.07) is 22.5. The first-order valence-corrected chi connectivity index (χ1v) is 11.7. The maximum Gasteiger partial charge on any atom is 0.318 e. The number of carbonyl (C=O) groups is 1. The number of carboxylic acid groups (broad SMARTS) is 1.